The smallest absolute Gasteiger partial charge is 0.253 e. The van der Waals surface area contributed by atoms with Crippen molar-refractivity contribution in [2.45, 2.75) is 64.8 Å². The summed E-state index contributed by atoms with van der Waals surface area (Å²) in [6.45, 7) is 6.04. The van der Waals surface area contributed by atoms with E-state index >= 15 is 0 Å². The van der Waals surface area contributed by atoms with Crippen LogP contribution in [0.3, 0.4) is 0 Å². The van der Waals surface area contributed by atoms with E-state index in [-0.39, 0.29) is 17.9 Å². The summed E-state index contributed by atoms with van der Waals surface area (Å²) < 4.78 is 6.25. The zero-order valence-electron chi connectivity index (χ0n) is 22.1. The molecule has 1 fully saturated rings. The van der Waals surface area contributed by atoms with Gasteiger partial charge in [-0.25, -0.2) is 0 Å². The second-order valence-electron chi connectivity index (χ2n) is 11.3. The van der Waals surface area contributed by atoms with Gasteiger partial charge in [0, 0.05) is 35.8 Å². The number of amides is 2. The number of carbonyl (C=O) groups is 2. The summed E-state index contributed by atoms with van der Waals surface area (Å²) >= 11 is 0. The summed E-state index contributed by atoms with van der Waals surface area (Å²) in [5, 5.41) is 4.42. The zero-order chi connectivity index (χ0) is 25.8. The lowest BCUT2D eigenvalue weighted by molar-refractivity contribution is -0.135. The van der Waals surface area contributed by atoms with E-state index in [2.05, 4.69) is 36.3 Å². The summed E-state index contributed by atoms with van der Waals surface area (Å²) in [6, 6.07) is 16.0. The third-order valence-corrected chi connectivity index (χ3v) is 8.14. The largest absolute Gasteiger partial charge is 0.491 e. The second-order valence-corrected chi connectivity index (χ2v) is 11.3. The zero-order valence-corrected chi connectivity index (χ0v) is 22.1. The lowest BCUT2D eigenvalue weighted by atomic mass is 9.73. The van der Waals surface area contributed by atoms with Crippen LogP contribution >= 0.6 is 0 Å². The number of aromatic amines is 1. The maximum atomic E-state index is 13.8. The molecule has 3 heterocycles. The third kappa shape index (κ3) is 5.68. The first-order chi connectivity index (χ1) is 17.9. The van der Waals surface area contributed by atoms with Crippen LogP contribution < -0.4 is 10.1 Å². The van der Waals surface area contributed by atoms with Crippen molar-refractivity contribution in [1.82, 2.24) is 15.2 Å². The Morgan fingerprint density at radius 2 is 1.89 bits per heavy atom. The highest BCUT2D eigenvalue weighted by atomic mass is 16.5. The van der Waals surface area contributed by atoms with Crippen molar-refractivity contribution in [2.24, 2.45) is 11.3 Å². The fourth-order valence-corrected chi connectivity index (χ4v) is 5.99. The predicted octanol–water partition coefficient (Wildman–Crippen LogP) is 5.73. The van der Waals surface area contributed by atoms with E-state index in [4.69, 9.17) is 4.74 Å². The van der Waals surface area contributed by atoms with Gasteiger partial charge in [-0.05, 0) is 80.3 Å². The molecule has 3 aromatic rings. The van der Waals surface area contributed by atoms with Gasteiger partial charge in [0.05, 0.1) is 11.5 Å². The van der Waals surface area contributed by atoms with Crippen LogP contribution in [0.2, 0.25) is 0 Å². The molecule has 196 valence electrons. The maximum absolute atomic E-state index is 13.8. The Kier molecular flexibility index (Phi) is 7.54. The molecule has 2 aliphatic rings. The fourth-order valence-electron chi connectivity index (χ4n) is 5.99. The number of hydrogen-bond donors (Lipinski definition) is 2. The van der Waals surface area contributed by atoms with Crippen LogP contribution in [-0.2, 0) is 11.2 Å². The molecule has 0 saturated carbocycles. The Labute approximate surface area is 219 Å². The maximum Gasteiger partial charge on any atom is 0.253 e. The van der Waals surface area contributed by atoms with Crippen molar-refractivity contribution in [3.63, 3.8) is 0 Å². The minimum absolute atomic E-state index is 0.0374. The summed E-state index contributed by atoms with van der Waals surface area (Å²) in [5.74, 6) is 1.57. The third-order valence-electron chi connectivity index (χ3n) is 8.14. The van der Waals surface area contributed by atoms with Crippen LogP contribution in [0.1, 0.15) is 68.3 Å². The Hall–Kier alpha value is -3.28. The minimum Gasteiger partial charge on any atom is -0.491 e. The van der Waals surface area contributed by atoms with E-state index in [9.17, 15) is 9.59 Å². The van der Waals surface area contributed by atoms with Crippen LogP contribution in [-0.4, -0.2) is 47.4 Å². The van der Waals surface area contributed by atoms with Crippen molar-refractivity contribution in [3.8, 4) is 5.75 Å². The van der Waals surface area contributed by atoms with Gasteiger partial charge in [0.1, 0.15) is 12.4 Å². The molecule has 1 spiro atoms. The SMILES string of the molecule is CC(C)C[C@H]1COc2ccccc2CCCCC2(CCN(C(=O)c3ccc4[nH]ccc4c3)CC2)C(=O)N1. The quantitative estimate of drug-likeness (QED) is 0.482. The van der Waals surface area contributed by atoms with Gasteiger partial charge >= 0.3 is 0 Å². The number of para-hydroxylation sites is 1. The van der Waals surface area contributed by atoms with E-state index in [0.29, 0.717) is 44.0 Å². The van der Waals surface area contributed by atoms with E-state index in [1.807, 2.05) is 47.5 Å². The van der Waals surface area contributed by atoms with Gasteiger partial charge in [-0.2, -0.15) is 0 Å². The van der Waals surface area contributed by atoms with Crippen LogP contribution in [0.25, 0.3) is 10.9 Å². The molecule has 6 heteroatoms. The molecule has 1 atom stereocenters. The van der Waals surface area contributed by atoms with Crippen LogP contribution in [0.4, 0.5) is 0 Å². The molecule has 1 aromatic heterocycles. The molecule has 2 amide bonds. The van der Waals surface area contributed by atoms with Gasteiger partial charge in [-0.3, -0.25) is 9.59 Å². The number of rotatable bonds is 3. The van der Waals surface area contributed by atoms with E-state index < -0.39 is 5.41 Å². The molecule has 0 aliphatic carbocycles. The molecule has 6 nitrogen and oxygen atoms in total. The molecule has 2 aliphatic heterocycles. The minimum atomic E-state index is -0.435. The fraction of sp³-hybridized carbons (Fsp3) is 0.484. The first-order valence-corrected chi connectivity index (χ1v) is 13.8. The first kappa shape index (κ1) is 25.4. The standard InChI is InChI=1S/C31H39N3O3/c1-22(2)19-26-21-37-28-9-4-3-7-23(28)8-5-6-13-31(30(36)33-26)14-17-34(18-15-31)29(35)25-10-11-27-24(20-25)12-16-32-27/h3-4,7,9-12,16,20,22,26,32H,5-6,8,13-15,17-19,21H2,1-2H3,(H,33,36)/t26-/m0/s1. The summed E-state index contributed by atoms with van der Waals surface area (Å²) in [4.78, 5) is 32.3. The molecule has 5 rings (SSSR count). The van der Waals surface area contributed by atoms with Crippen molar-refractivity contribution >= 4 is 22.7 Å². The number of likely N-dealkylation sites (tertiary alicyclic amines) is 1. The van der Waals surface area contributed by atoms with Gasteiger partial charge in [0.25, 0.3) is 5.91 Å². The highest BCUT2D eigenvalue weighted by Gasteiger charge is 2.42. The normalized spacial score (nSPS) is 20.6. The number of nitrogens with one attached hydrogen (secondary N) is 2. The molecular formula is C31H39N3O3. The van der Waals surface area contributed by atoms with E-state index in [0.717, 1.165) is 48.8 Å². The highest BCUT2D eigenvalue weighted by Crippen LogP contribution is 2.38. The van der Waals surface area contributed by atoms with Crippen LogP contribution in [0.5, 0.6) is 5.75 Å². The van der Waals surface area contributed by atoms with Crippen molar-refractivity contribution < 1.29 is 14.3 Å². The number of aromatic nitrogens is 1. The summed E-state index contributed by atoms with van der Waals surface area (Å²) in [7, 11) is 0. The van der Waals surface area contributed by atoms with Crippen LogP contribution in [0.15, 0.2) is 54.7 Å². The van der Waals surface area contributed by atoms with Gasteiger partial charge in [0.2, 0.25) is 5.91 Å². The number of fused-ring (bicyclic) bond motifs is 2. The Morgan fingerprint density at radius 1 is 1.08 bits per heavy atom. The molecule has 0 unspecified atom stereocenters. The summed E-state index contributed by atoms with van der Waals surface area (Å²) in [5.41, 5.74) is 2.54. The Bertz CT molecular complexity index is 1240. The second kappa shape index (κ2) is 11.0. The Balaban J connectivity index is 1.31. The molecule has 0 bridgehead atoms. The van der Waals surface area contributed by atoms with Crippen LogP contribution in [0, 0.1) is 11.3 Å². The summed E-state index contributed by atoms with van der Waals surface area (Å²) in [6.07, 6.45) is 7.96. The lowest BCUT2D eigenvalue weighted by Gasteiger charge is -2.42. The average molecular weight is 502 g/mol. The highest BCUT2D eigenvalue weighted by molar-refractivity contribution is 5.98. The van der Waals surface area contributed by atoms with Crippen molar-refractivity contribution in [1.29, 1.82) is 0 Å². The molecule has 2 N–H and O–H groups in total. The number of benzene rings is 2. The molecular weight excluding hydrogens is 462 g/mol. The Morgan fingerprint density at radius 3 is 2.70 bits per heavy atom. The van der Waals surface area contributed by atoms with Gasteiger partial charge in [-0.15, -0.1) is 0 Å². The van der Waals surface area contributed by atoms with Crippen molar-refractivity contribution in [3.05, 3.63) is 65.9 Å². The van der Waals surface area contributed by atoms with Gasteiger partial charge < -0.3 is 19.9 Å². The number of hydrogen-bond acceptors (Lipinski definition) is 3. The topological polar surface area (TPSA) is 74.4 Å². The molecule has 0 radical (unpaired) electrons. The first-order valence-electron chi connectivity index (χ1n) is 13.8. The predicted molar refractivity (Wildman–Crippen MR) is 147 cm³/mol. The van der Waals surface area contributed by atoms with Gasteiger partial charge in [-0.1, -0.05) is 38.5 Å². The number of piperidine rings is 1. The molecule has 2 aromatic carbocycles. The van der Waals surface area contributed by atoms with E-state index in [1.54, 1.807) is 0 Å². The number of nitrogens with zero attached hydrogens (tertiary/aromatic N) is 1. The lowest BCUT2D eigenvalue weighted by Crippen LogP contribution is -2.53. The number of ether oxygens (including phenoxy) is 1. The average Bonchev–Trinajstić information content (AvgIpc) is 3.37. The number of H-pyrrole nitrogens is 1. The number of aryl methyl sites for hydroxylation is 1. The van der Waals surface area contributed by atoms with Crippen molar-refractivity contribution in [2.75, 3.05) is 19.7 Å². The number of carbonyl (C=O) groups excluding carboxylic acids is 2. The van der Waals surface area contributed by atoms with E-state index in [1.165, 1.54) is 5.56 Å². The monoisotopic (exact) mass is 501 g/mol. The van der Waals surface area contributed by atoms with Gasteiger partial charge in [0.15, 0.2) is 0 Å². The molecule has 1 saturated heterocycles. The molecule has 37 heavy (non-hydrogen) atoms.